The van der Waals surface area contributed by atoms with Crippen molar-refractivity contribution >= 4 is 11.6 Å². The maximum Gasteiger partial charge on any atom is 0.263 e. The molecule has 0 bridgehead atoms. The highest BCUT2D eigenvalue weighted by Crippen LogP contribution is 2.14. The first kappa shape index (κ1) is 19.1. The second kappa shape index (κ2) is 9.28. The van der Waals surface area contributed by atoms with E-state index in [2.05, 4.69) is 10.6 Å². The number of hydrogen-bond donors (Lipinski definition) is 2. The quantitative estimate of drug-likeness (QED) is 0.593. The topological polar surface area (TPSA) is 74.1 Å². The van der Waals surface area contributed by atoms with Crippen molar-refractivity contribution in [3.63, 3.8) is 0 Å². The molecule has 2 aromatic carbocycles. The molecular weight excluding hydrogens is 326 g/mol. The molecule has 2 N–H and O–H groups in total. The van der Waals surface area contributed by atoms with Gasteiger partial charge in [-0.05, 0) is 61.2 Å². The number of nitriles is 1. The molecule has 0 radical (unpaired) electrons. The number of benzene rings is 2. The minimum atomic E-state index is -0.391. The Kier molecular flexibility index (Phi) is 6.81. The summed E-state index contributed by atoms with van der Waals surface area (Å²) in [5, 5.41) is 15.0. The van der Waals surface area contributed by atoms with Gasteiger partial charge in [-0.3, -0.25) is 4.79 Å². The molecule has 134 valence electrons. The van der Waals surface area contributed by atoms with E-state index in [0.29, 0.717) is 13.0 Å². The molecule has 0 unspecified atom stereocenters. The van der Waals surface area contributed by atoms with Crippen LogP contribution in [0.2, 0.25) is 0 Å². The SMILES string of the molecule is COc1ccc(CCNC(=O)/C(C#N)=C\Nc2ccc(C)c(C)c2)cc1. The monoisotopic (exact) mass is 349 g/mol. The third-order valence-electron chi connectivity index (χ3n) is 4.11. The summed E-state index contributed by atoms with van der Waals surface area (Å²) in [6.07, 6.45) is 2.12. The number of carbonyl (C=O) groups is 1. The van der Waals surface area contributed by atoms with Gasteiger partial charge in [0.25, 0.3) is 5.91 Å². The molecule has 2 rings (SSSR count). The molecule has 0 heterocycles. The van der Waals surface area contributed by atoms with Gasteiger partial charge in [0.05, 0.1) is 7.11 Å². The number of nitrogens with one attached hydrogen (secondary N) is 2. The number of aryl methyl sites for hydroxylation is 2. The summed E-state index contributed by atoms with van der Waals surface area (Å²) in [7, 11) is 1.62. The highest BCUT2D eigenvalue weighted by atomic mass is 16.5. The number of nitrogens with zero attached hydrogens (tertiary/aromatic N) is 1. The Morgan fingerprint density at radius 3 is 2.50 bits per heavy atom. The van der Waals surface area contributed by atoms with Crippen molar-refractivity contribution in [2.24, 2.45) is 0 Å². The first-order chi connectivity index (χ1) is 12.5. The van der Waals surface area contributed by atoms with Crippen molar-refractivity contribution in [2.75, 3.05) is 19.0 Å². The van der Waals surface area contributed by atoms with Crippen molar-refractivity contribution in [1.29, 1.82) is 5.26 Å². The normalized spacial score (nSPS) is 10.8. The zero-order valence-electron chi connectivity index (χ0n) is 15.3. The molecule has 0 saturated carbocycles. The Morgan fingerprint density at radius 2 is 1.88 bits per heavy atom. The smallest absolute Gasteiger partial charge is 0.263 e. The highest BCUT2D eigenvalue weighted by Gasteiger charge is 2.08. The number of rotatable bonds is 7. The minimum absolute atomic E-state index is 0.0398. The van der Waals surface area contributed by atoms with Crippen LogP contribution in [-0.4, -0.2) is 19.6 Å². The van der Waals surface area contributed by atoms with Crippen molar-refractivity contribution in [1.82, 2.24) is 5.32 Å². The molecule has 0 atom stereocenters. The van der Waals surface area contributed by atoms with Crippen molar-refractivity contribution in [3.05, 3.63) is 70.9 Å². The number of anilines is 1. The van der Waals surface area contributed by atoms with Gasteiger partial charge < -0.3 is 15.4 Å². The average Bonchev–Trinajstić information content (AvgIpc) is 2.65. The third kappa shape index (κ3) is 5.38. The number of ether oxygens (including phenoxy) is 1. The molecular formula is C21H23N3O2. The molecule has 0 spiro atoms. The summed E-state index contributed by atoms with van der Waals surface area (Å²) < 4.78 is 5.11. The Balaban J connectivity index is 1.88. The van der Waals surface area contributed by atoms with Gasteiger partial charge >= 0.3 is 0 Å². The second-order valence-corrected chi connectivity index (χ2v) is 5.97. The summed E-state index contributed by atoms with van der Waals surface area (Å²) in [5.41, 5.74) is 4.30. The van der Waals surface area contributed by atoms with Crippen LogP contribution in [0.1, 0.15) is 16.7 Å². The lowest BCUT2D eigenvalue weighted by Crippen LogP contribution is -2.27. The average molecular weight is 349 g/mol. The summed E-state index contributed by atoms with van der Waals surface area (Å²) in [6, 6.07) is 15.5. The molecule has 5 heteroatoms. The first-order valence-electron chi connectivity index (χ1n) is 8.38. The van der Waals surface area contributed by atoms with E-state index in [9.17, 15) is 10.1 Å². The molecule has 2 aromatic rings. The molecule has 0 saturated heterocycles. The van der Waals surface area contributed by atoms with Crippen molar-refractivity contribution in [3.8, 4) is 11.8 Å². The van der Waals surface area contributed by atoms with Gasteiger partial charge in [0.1, 0.15) is 17.4 Å². The van der Waals surface area contributed by atoms with E-state index >= 15 is 0 Å². The maximum absolute atomic E-state index is 12.1. The van der Waals surface area contributed by atoms with E-state index in [1.807, 2.05) is 62.4 Å². The fraction of sp³-hybridized carbons (Fsp3) is 0.238. The molecule has 5 nitrogen and oxygen atoms in total. The number of methoxy groups -OCH3 is 1. The van der Waals surface area contributed by atoms with Crippen LogP contribution >= 0.6 is 0 Å². The van der Waals surface area contributed by atoms with Crippen LogP contribution in [0.3, 0.4) is 0 Å². The Labute approximate surface area is 154 Å². The molecule has 26 heavy (non-hydrogen) atoms. The van der Waals surface area contributed by atoms with E-state index in [-0.39, 0.29) is 5.57 Å². The molecule has 0 aliphatic carbocycles. The molecule has 1 amide bonds. The van der Waals surface area contributed by atoms with Gasteiger partial charge in [-0.15, -0.1) is 0 Å². The molecule has 0 aromatic heterocycles. The number of carbonyl (C=O) groups excluding carboxylic acids is 1. The lowest BCUT2D eigenvalue weighted by molar-refractivity contribution is -0.117. The first-order valence-corrected chi connectivity index (χ1v) is 8.38. The van der Waals surface area contributed by atoms with Crippen LogP contribution in [0.15, 0.2) is 54.2 Å². The van der Waals surface area contributed by atoms with Crippen LogP contribution in [0.4, 0.5) is 5.69 Å². The summed E-state index contributed by atoms with van der Waals surface area (Å²) in [6.45, 7) is 4.50. The molecule has 0 fully saturated rings. The van der Waals surface area contributed by atoms with Gasteiger partial charge in [-0.2, -0.15) is 5.26 Å². The Hall–Kier alpha value is -3.26. The Bertz CT molecular complexity index is 833. The van der Waals surface area contributed by atoms with Crippen molar-refractivity contribution < 1.29 is 9.53 Å². The fourth-order valence-electron chi connectivity index (χ4n) is 2.34. The maximum atomic E-state index is 12.1. The second-order valence-electron chi connectivity index (χ2n) is 5.97. The van der Waals surface area contributed by atoms with Crippen LogP contribution in [0, 0.1) is 25.2 Å². The van der Waals surface area contributed by atoms with Gasteiger partial charge in [0.2, 0.25) is 0 Å². The van der Waals surface area contributed by atoms with Gasteiger partial charge in [-0.25, -0.2) is 0 Å². The lowest BCUT2D eigenvalue weighted by atomic mass is 10.1. The molecule has 0 aliphatic rings. The van der Waals surface area contributed by atoms with E-state index in [4.69, 9.17) is 4.74 Å². The largest absolute Gasteiger partial charge is 0.497 e. The zero-order valence-corrected chi connectivity index (χ0v) is 15.3. The standard InChI is InChI=1S/C21H23N3O2/c1-15-4-7-19(12-16(15)2)24-14-18(13-22)21(25)23-11-10-17-5-8-20(26-3)9-6-17/h4-9,12,14,24H,10-11H2,1-3H3,(H,23,25)/b18-14-. The van der Waals surface area contributed by atoms with E-state index in [0.717, 1.165) is 22.6 Å². The van der Waals surface area contributed by atoms with Gasteiger partial charge in [-0.1, -0.05) is 18.2 Å². The van der Waals surface area contributed by atoms with E-state index < -0.39 is 5.91 Å². The van der Waals surface area contributed by atoms with Gasteiger partial charge in [0, 0.05) is 18.4 Å². The predicted octanol–water partition coefficient (Wildman–Crippen LogP) is 3.49. The zero-order chi connectivity index (χ0) is 18.9. The van der Waals surface area contributed by atoms with E-state index in [1.54, 1.807) is 7.11 Å². The summed E-state index contributed by atoms with van der Waals surface area (Å²) in [5.74, 6) is 0.405. The predicted molar refractivity (Wildman–Crippen MR) is 103 cm³/mol. The Morgan fingerprint density at radius 1 is 1.15 bits per heavy atom. The highest BCUT2D eigenvalue weighted by molar-refractivity contribution is 5.97. The van der Waals surface area contributed by atoms with E-state index in [1.165, 1.54) is 11.8 Å². The number of amides is 1. The fourth-order valence-corrected chi connectivity index (χ4v) is 2.34. The summed E-state index contributed by atoms with van der Waals surface area (Å²) in [4.78, 5) is 12.1. The van der Waals surface area contributed by atoms with Crippen LogP contribution in [0.25, 0.3) is 0 Å². The van der Waals surface area contributed by atoms with Crippen LogP contribution < -0.4 is 15.4 Å². The number of hydrogen-bond acceptors (Lipinski definition) is 4. The van der Waals surface area contributed by atoms with Gasteiger partial charge in [0.15, 0.2) is 0 Å². The lowest BCUT2D eigenvalue weighted by Gasteiger charge is -2.07. The van der Waals surface area contributed by atoms with Crippen LogP contribution in [0.5, 0.6) is 5.75 Å². The van der Waals surface area contributed by atoms with Crippen LogP contribution in [-0.2, 0) is 11.2 Å². The summed E-state index contributed by atoms with van der Waals surface area (Å²) >= 11 is 0. The third-order valence-corrected chi connectivity index (χ3v) is 4.11. The minimum Gasteiger partial charge on any atom is -0.497 e. The molecule has 0 aliphatic heterocycles. The van der Waals surface area contributed by atoms with Crippen molar-refractivity contribution in [2.45, 2.75) is 20.3 Å².